The summed E-state index contributed by atoms with van der Waals surface area (Å²) in [6.45, 7) is -0.486. The number of ether oxygens (including phenoxy) is 1. The number of esters is 1. The Morgan fingerprint density at radius 1 is 1.03 bits per heavy atom. The summed E-state index contributed by atoms with van der Waals surface area (Å²) in [5.74, 6) is -2.53. The Morgan fingerprint density at radius 3 is 2.29 bits per heavy atom. The van der Waals surface area contributed by atoms with Crippen LogP contribution in [-0.2, 0) is 25.3 Å². The van der Waals surface area contributed by atoms with Crippen molar-refractivity contribution < 1.29 is 33.5 Å². The minimum absolute atomic E-state index is 0.0728. The van der Waals surface area contributed by atoms with Crippen LogP contribution < -0.4 is 5.32 Å². The van der Waals surface area contributed by atoms with E-state index >= 15 is 0 Å². The van der Waals surface area contributed by atoms with Crippen LogP contribution in [0.25, 0.3) is 0 Å². The molecule has 2 aromatic rings. The molecule has 31 heavy (non-hydrogen) atoms. The number of benzene rings is 2. The van der Waals surface area contributed by atoms with E-state index < -0.39 is 38.2 Å². The lowest BCUT2D eigenvalue weighted by atomic mass is 10.0. The summed E-state index contributed by atoms with van der Waals surface area (Å²) in [5, 5.41) is 2.51. The van der Waals surface area contributed by atoms with Crippen molar-refractivity contribution in [3.8, 4) is 0 Å². The van der Waals surface area contributed by atoms with E-state index in [2.05, 4.69) is 21.2 Å². The van der Waals surface area contributed by atoms with Gasteiger partial charge in [-0.15, -0.1) is 0 Å². The third-order valence-electron chi connectivity index (χ3n) is 4.31. The highest BCUT2D eigenvalue weighted by atomic mass is 79.9. The first-order chi connectivity index (χ1) is 14.6. The van der Waals surface area contributed by atoms with E-state index in [0.717, 1.165) is 10.0 Å². The Balaban J connectivity index is 1.80. The first-order valence-electron chi connectivity index (χ1n) is 9.44. The Labute approximate surface area is 188 Å². The van der Waals surface area contributed by atoms with Gasteiger partial charge in [-0.05, 0) is 24.1 Å². The van der Waals surface area contributed by atoms with E-state index in [1.165, 1.54) is 0 Å². The molecular weight excluding hydrogens is 489 g/mol. The smallest absolute Gasteiger partial charge is 0.326 e. The fraction of sp³-hybridized carbons (Fsp3) is 0.286. The predicted octanol–water partition coefficient (Wildman–Crippen LogP) is 2.72. The summed E-state index contributed by atoms with van der Waals surface area (Å²) in [6.07, 6.45) is -0.614. The number of amides is 1. The molecule has 1 atom stereocenters. The second-order valence-electron chi connectivity index (χ2n) is 6.87. The molecule has 0 aromatic heterocycles. The molecule has 3 N–H and O–H groups in total. The summed E-state index contributed by atoms with van der Waals surface area (Å²) < 4.78 is 17.2. The van der Waals surface area contributed by atoms with Crippen LogP contribution in [-0.4, -0.2) is 46.8 Å². The zero-order valence-electron chi connectivity index (χ0n) is 16.6. The molecule has 166 valence electrons. The standard InChI is InChI=1S/C21H23BrNO7P/c22-18-8-6-16(7-9-18)19(24)13-30-20(25)10-11-23-21(26)17(14-31(27,28)29)12-15-4-2-1-3-5-15/h1-9,17H,10-14H2,(H,23,26)(H2,27,28,29). The van der Waals surface area contributed by atoms with Crippen LogP contribution in [0.3, 0.4) is 0 Å². The van der Waals surface area contributed by atoms with Gasteiger partial charge in [0.25, 0.3) is 0 Å². The van der Waals surface area contributed by atoms with Gasteiger partial charge in [0.15, 0.2) is 12.4 Å². The molecule has 0 aliphatic rings. The maximum Gasteiger partial charge on any atom is 0.326 e. The van der Waals surface area contributed by atoms with Crippen molar-refractivity contribution >= 4 is 41.2 Å². The number of carbonyl (C=O) groups is 3. The molecule has 0 aliphatic heterocycles. The van der Waals surface area contributed by atoms with Crippen LogP contribution in [0.4, 0.5) is 0 Å². The summed E-state index contributed by atoms with van der Waals surface area (Å²) in [4.78, 5) is 54.8. The lowest BCUT2D eigenvalue weighted by Crippen LogP contribution is -2.35. The van der Waals surface area contributed by atoms with Gasteiger partial charge in [-0.3, -0.25) is 18.9 Å². The number of ketones is 1. The number of carbonyl (C=O) groups excluding carboxylic acids is 3. The fourth-order valence-electron chi connectivity index (χ4n) is 2.80. The van der Waals surface area contributed by atoms with Crippen molar-refractivity contribution in [2.75, 3.05) is 19.3 Å². The van der Waals surface area contributed by atoms with Crippen LogP contribution in [0.5, 0.6) is 0 Å². The Morgan fingerprint density at radius 2 is 1.68 bits per heavy atom. The molecule has 1 amide bonds. The number of Topliss-reactive ketones (excluding diaryl/α,β-unsaturated/α-hetero) is 1. The van der Waals surface area contributed by atoms with E-state index in [-0.39, 0.29) is 25.2 Å². The first-order valence-corrected chi connectivity index (χ1v) is 12.0. The lowest BCUT2D eigenvalue weighted by Gasteiger charge is -2.17. The normalized spacial score (nSPS) is 12.1. The Kier molecular flexibility index (Phi) is 9.58. The fourth-order valence-corrected chi connectivity index (χ4v) is 3.93. The summed E-state index contributed by atoms with van der Waals surface area (Å²) in [7, 11) is -4.41. The Bertz CT molecular complexity index is 944. The van der Waals surface area contributed by atoms with Crippen molar-refractivity contribution in [3.05, 3.63) is 70.2 Å². The topological polar surface area (TPSA) is 130 Å². The van der Waals surface area contributed by atoms with E-state index in [9.17, 15) is 28.7 Å². The molecule has 2 rings (SSSR count). The minimum atomic E-state index is -4.41. The Hall–Kier alpha value is -2.32. The lowest BCUT2D eigenvalue weighted by molar-refractivity contribution is -0.142. The largest absolute Gasteiger partial charge is 0.457 e. The molecule has 8 nitrogen and oxygen atoms in total. The molecule has 0 bridgehead atoms. The zero-order valence-corrected chi connectivity index (χ0v) is 19.1. The predicted molar refractivity (Wildman–Crippen MR) is 118 cm³/mol. The van der Waals surface area contributed by atoms with E-state index in [0.29, 0.717) is 5.56 Å². The summed E-state index contributed by atoms with van der Waals surface area (Å²) in [5.41, 5.74) is 1.17. The average molecular weight is 512 g/mol. The molecule has 1 unspecified atom stereocenters. The van der Waals surface area contributed by atoms with Gasteiger partial charge in [-0.1, -0.05) is 58.4 Å². The maximum absolute atomic E-state index is 12.4. The van der Waals surface area contributed by atoms with Crippen molar-refractivity contribution in [1.29, 1.82) is 0 Å². The van der Waals surface area contributed by atoms with Gasteiger partial charge < -0.3 is 19.8 Å². The molecule has 0 radical (unpaired) electrons. The van der Waals surface area contributed by atoms with E-state index in [1.807, 2.05) is 0 Å². The summed E-state index contributed by atoms with van der Waals surface area (Å²) in [6, 6.07) is 15.5. The second kappa shape index (κ2) is 11.9. The highest BCUT2D eigenvalue weighted by Gasteiger charge is 2.27. The molecule has 2 aromatic carbocycles. The highest BCUT2D eigenvalue weighted by Crippen LogP contribution is 2.37. The minimum Gasteiger partial charge on any atom is -0.457 e. The average Bonchev–Trinajstić information content (AvgIpc) is 2.71. The van der Waals surface area contributed by atoms with Gasteiger partial charge in [0.05, 0.1) is 18.5 Å². The number of halogens is 1. The molecule has 0 heterocycles. The van der Waals surface area contributed by atoms with Crippen molar-refractivity contribution in [1.82, 2.24) is 5.32 Å². The van der Waals surface area contributed by atoms with Crippen molar-refractivity contribution in [3.63, 3.8) is 0 Å². The van der Waals surface area contributed by atoms with Gasteiger partial charge in [-0.25, -0.2) is 0 Å². The summed E-state index contributed by atoms with van der Waals surface area (Å²) >= 11 is 3.27. The van der Waals surface area contributed by atoms with Gasteiger partial charge in [0.1, 0.15) is 0 Å². The molecule has 0 spiro atoms. The van der Waals surface area contributed by atoms with Crippen LogP contribution in [0, 0.1) is 5.92 Å². The number of hydrogen-bond donors (Lipinski definition) is 3. The molecule has 0 fully saturated rings. The number of hydrogen-bond acceptors (Lipinski definition) is 5. The highest BCUT2D eigenvalue weighted by molar-refractivity contribution is 9.10. The number of rotatable bonds is 11. The molecule has 0 saturated carbocycles. The van der Waals surface area contributed by atoms with Gasteiger partial charge in [0.2, 0.25) is 5.91 Å². The second-order valence-corrected chi connectivity index (χ2v) is 9.48. The van der Waals surface area contributed by atoms with Gasteiger partial charge in [-0.2, -0.15) is 0 Å². The monoisotopic (exact) mass is 511 g/mol. The van der Waals surface area contributed by atoms with E-state index in [4.69, 9.17) is 4.74 Å². The van der Waals surface area contributed by atoms with Gasteiger partial charge >= 0.3 is 13.6 Å². The van der Waals surface area contributed by atoms with Crippen molar-refractivity contribution in [2.24, 2.45) is 5.92 Å². The quantitative estimate of drug-likeness (QED) is 0.240. The van der Waals surface area contributed by atoms with Gasteiger partial charge in [0, 0.05) is 16.6 Å². The molecule has 0 saturated heterocycles. The van der Waals surface area contributed by atoms with Crippen LogP contribution >= 0.6 is 23.5 Å². The zero-order chi connectivity index (χ0) is 22.9. The third-order valence-corrected chi connectivity index (χ3v) is 5.76. The SMILES string of the molecule is O=C(CCNC(=O)C(Cc1ccccc1)CP(=O)(O)O)OCC(=O)c1ccc(Br)cc1. The molecular formula is C21H23BrNO7P. The molecule has 0 aliphatic carbocycles. The van der Waals surface area contributed by atoms with Crippen LogP contribution in [0.2, 0.25) is 0 Å². The van der Waals surface area contributed by atoms with Crippen molar-refractivity contribution in [2.45, 2.75) is 12.8 Å². The first kappa shape index (κ1) is 24.9. The number of nitrogens with one attached hydrogen (secondary N) is 1. The van der Waals surface area contributed by atoms with Crippen LogP contribution in [0.1, 0.15) is 22.3 Å². The van der Waals surface area contributed by atoms with Crippen LogP contribution in [0.15, 0.2) is 59.1 Å². The van der Waals surface area contributed by atoms with E-state index in [1.54, 1.807) is 54.6 Å². The molecule has 10 heteroatoms. The maximum atomic E-state index is 12.4. The third kappa shape index (κ3) is 9.57.